The normalized spacial score (nSPS) is 19.2. The zero-order valence-corrected chi connectivity index (χ0v) is 20.4. The maximum atomic E-state index is 14.2. The van der Waals surface area contributed by atoms with Crippen LogP contribution in [0.25, 0.3) is 0 Å². The van der Waals surface area contributed by atoms with Crippen molar-refractivity contribution in [3.8, 4) is 5.75 Å². The fourth-order valence-corrected chi connectivity index (χ4v) is 6.32. The maximum absolute atomic E-state index is 14.2. The molecule has 0 aliphatic carbocycles. The van der Waals surface area contributed by atoms with Crippen LogP contribution in [0.2, 0.25) is 0 Å². The van der Waals surface area contributed by atoms with E-state index in [0.29, 0.717) is 40.4 Å². The molecule has 0 bridgehead atoms. The van der Waals surface area contributed by atoms with Crippen LogP contribution in [0.1, 0.15) is 32.6 Å². The lowest BCUT2D eigenvalue weighted by atomic mass is 10.0. The highest BCUT2D eigenvalue weighted by atomic mass is 32.2. The zero-order chi connectivity index (χ0) is 25.7. The van der Waals surface area contributed by atoms with Crippen LogP contribution >= 0.6 is 11.8 Å². The Bertz CT molecular complexity index is 1360. The van der Waals surface area contributed by atoms with Gasteiger partial charge in [-0.2, -0.15) is 13.2 Å². The number of thioether (sulfide) groups is 1. The number of carbonyl (C=O) groups is 2. The van der Waals surface area contributed by atoms with E-state index in [1.165, 1.54) is 29.8 Å². The van der Waals surface area contributed by atoms with Crippen LogP contribution < -0.4 is 9.64 Å². The summed E-state index contributed by atoms with van der Waals surface area (Å²) in [5, 5.41) is 0. The molecule has 0 radical (unpaired) electrons. The maximum Gasteiger partial charge on any atom is 0.416 e. The molecule has 36 heavy (non-hydrogen) atoms. The molecule has 9 heteroatoms. The number of amides is 2. The molecule has 5 rings (SSSR count). The summed E-state index contributed by atoms with van der Waals surface area (Å²) in [6.07, 6.45) is -4.49. The molecule has 0 unspecified atom stereocenters. The molecule has 0 aromatic heterocycles. The molecule has 5 nitrogen and oxygen atoms in total. The number of fused-ring (bicyclic) bond motifs is 2. The van der Waals surface area contributed by atoms with Crippen molar-refractivity contribution in [2.75, 3.05) is 24.3 Å². The van der Waals surface area contributed by atoms with E-state index in [0.717, 1.165) is 17.7 Å². The number of rotatable bonds is 4. The summed E-state index contributed by atoms with van der Waals surface area (Å²) in [6, 6.07) is 17.3. The van der Waals surface area contributed by atoms with E-state index in [4.69, 9.17) is 4.74 Å². The molecule has 186 valence electrons. The van der Waals surface area contributed by atoms with Gasteiger partial charge in [0.15, 0.2) is 4.87 Å². The number of anilines is 1. The van der Waals surface area contributed by atoms with Crippen molar-refractivity contribution in [2.24, 2.45) is 0 Å². The van der Waals surface area contributed by atoms with E-state index in [1.54, 1.807) is 41.3 Å². The van der Waals surface area contributed by atoms with E-state index < -0.39 is 16.6 Å². The summed E-state index contributed by atoms with van der Waals surface area (Å²) >= 11 is 1.36. The third-order valence-corrected chi connectivity index (χ3v) is 8.04. The average molecular weight is 513 g/mol. The second-order valence-electron chi connectivity index (χ2n) is 8.74. The average Bonchev–Trinajstić information content (AvgIpc) is 3.40. The summed E-state index contributed by atoms with van der Waals surface area (Å²) in [6.45, 7) is 2.14. The summed E-state index contributed by atoms with van der Waals surface area (Å²) < 4.78 is 45.4. The van der Waals surface area contributed by atoms with Gasteiger partial charge in [-0.1, -0.05) is 30.3 Å². The number of benzene rings is 3. The van der Waals surface area contributed by atoms with E-state index in [2.05, 4.69) is 0 Å². The molecule has 3 aromatic rings. The first-order valence-corrected chi connectivity index (χ1v) is 12.3. The van der Waals surface area contributed by atoms with Crippen molar-refractivity contribution in [1.82, 2.24) is 4.90 Å². The molecule has 1 saturated heterocycles. The lowest BCUT2D eigenvalue weighted by Gasteiger charge is -2.33. The van der Waals surface area contributed by atoms with Gasteiger partial charge in [0.25, 0.3) is 11.8 Å². The van der Waals surface area contributed by atoms with E-state index in [9.17, 15) is 22.8 Å². The van der Waals surface area contributed by atoms with Gasteiger partial charge in [-0.15, -0.1) is 11.8 Å². The van der Waals surface area contributed by atoms with Crippen molar-refractivity contribution in [3.63, 3.8) is 0 Å². The molecule has 2 aliphatic heterocycles. The number of hydrogen-bond acceptors (Lipinski definition) is 4. The van der Waals surface area contributed by atoms with Crippen LogP contribution in [0.15, 0.2) is 66.7 Å². The van der Waals surface area contributed by atoms with Crippen molar-refractivity contribution < 1.29 is 27.5 Å². The Morgan fingerprint density at radius 3 is 2.58 bits per heavy atom. The summed E-state index contributed by atoms with van der Waals surface area (Å²) in [4.78, 5) is 29.6. The fourth-order valence-electron chi connectivity index (χ4n) is 4.87. The molecular formula is C27H23F3N2O3S. The molecule has 1 fully saturated rings. The Kier molecular flexibility index (Phi) is 5.98. The van der Waals surface area contributed by atoms with E-state index in [1.807, 2.05) is 19.1 Å². The van der Waals surface area contributed by atoms with Gasteiger partial charge < -0.3 is 14.5 Å². The molecule has 2 aliphatic rings. The fraction of sp³-hybridized carbons (Fsp3) is 0.259. The predicted molar refractivity (Wildman–Crippen MR) is 132 cm³/mol. The first kappa shape index (κ1) is 24.2. The number of aryl methyl sites for hydroxylation is 1. The molecule has 0 N–H and O–H groups in total. The number of carbonyl (C=O) groups excluding carboxylic acids is 2. The highest BCUT2D eigenvalue weighted by Gasteiger charge is 2.59. The molecule has 3 aromatic carbocycles. The Balaban J connectivity index is 1.60. The summed E-state index contributed by atoms with van der Waals surface area (Å²) in [5.41, 5.74) is 2.03. The Labute approximate surface area is 210 Å². The highest BCUT2D eigenvalue weighted by Crippen LogP contribution is 2.55. The topological polar surface area (TPSA) is 49.9 Å². The zero-order valence-electron chi connectivity index (χ0n) is 19.6. The second kappa shape index (κ2) is 8.89. The summed E-state index contributed by atoms with van der Waals surface area (Å²) in [5.74, 6) is 0.448. The first-order chi connectivity index (χ1) is 17.2. The Hall–Kier alpha value is -3.46. The van der Waals surface area contributed by atoms with Crippen molar-refractivity contribution in [2.45, 2.75) is 24.5 Å². The van der Waals surface area contributed by atoms with Crippen molar-refractivity contribution >= 4 is 29.3 Å². The van der Waals surface area contributed by atoms with Gasteiger partial charge in [0.05, 0.1) is 24.9 Å². The molecule has 2 heterocycles. The standard InChI is InChI=1S/C27H23F3N2O3S/c1-17-6-3-4-9-21(17)24(33)32-12-13-36-26(32)22-15-20(35-2)10-11-23(22)31(25(26)34)16-18-7-5-8-19(14-18)27(28,29)30/h3-11,14-15H,12-13,16H2,1-2H3/t26-/m0/s1. The van der Waals surface area contributed by atoms with Gasteiger partial charge >= 0.3 is 6.18 Å². The number of ether oxygens (including phenoxy) is 1. The number of hydrogen-bond donors (Lipinski definition) is 0. The van der Waals surface area contributed by atoms with Gasteiger partial charge in [0.2, 0.25) is 0 Å². The van der Waals surface area contributed by atoms with Crippen LogP contribution in [-0.2, 0) is 22.4 Å². The van der Waals surface area contributed by atoms with Crippen LogP contribution in [0.4, 0.5) is 18.9 Å². The first-order valence-electron chi connectivity index (χ1n) is 11.3. The van der Waals surface area contributed by atoms with E-state index >= 15 is 0 Å². The minimum atomic E-state index is -4.49. The van der Waals surface area contributed by atoms with Gasteiger partial charge in [-0.25, -0.2) is 0 Å². The predicted octanol–water partition coefficient (Wildman–Crippen LogP) is 5.61. The monoisotopic (exact) mass is 512 g/mol. The SMILES string of the molecule is COc1ccc2c(c1)[C@]1(SCCN1C(=O)c1ccccc1C)C(=O)N2Cc1cccc(C(F)(F)F)c1. The molecule has 0 saturated carbocycles. The largest absolute Gasteiger partial charge is 0.497 e. The third-order valence-electron chi connectivity index (χ3n) is 6.62. The molecule has 1 atom stereocenters. The number of nitrogens with zero attached hydrogens (tertiary/aromatic N) is 2. The highest BCUT2D eigenvalue weighted by molar-refractivity contribution is 8.01. The van der Waals surface area contributed by atoms with Gasteiger partial charge in [-0.3, -0.25) is 9.59 Å². The number of alkyl halides is 3. The minimum Gasteiger partial charge on any atom is -0.497 e. The van der Waals surface area contributed by atoms with Crippen LogP contribution in [-0.4, -0.2) is 36.1 Å². The molecule has 2 amide bonds. The quantitative estimate of drug-likeness (QED) is 0.456. The van der Waals surface area contributed by atoms with Crippen LogP contribution in [0.3, 0.4) is 0 Å². The molecular weight excluding hydrogens is 489 g/mol. The minimum absolute atomic E-state index is 0.0587. The third kappa shape index (κ3) is 3.82. The smallest absolute Gasteiger partial charge is 0.416 e. The van der Waals surface area contributed by atoms with Gasteiger partial charge in [0.1, 0.15) is 5.75 Å². The Morgan fingerprint density at radius 1 is 1.08 bits per heavy atom. The van der Waals surface area contributed by atoms with E-state index in [-0.39, 0.29) is 18.4 Å². The summed E-state index contributed by atoms with van der Waals surface area (Å²) in [7, 11) is 1.52. The van der Waals surface area contributed by atoms with Crippen LogP contribution in [0.5, 0.6) is 5.75 Å². The second-order valence-corrected chi connectivity index (χ2v) is 10.0. The van der Waals surface area contributed by atoms with Crippen LogP contribution in [0, 0.1) is 6.92 Å². The lowest BCUT2D eigenvalue weighted by molar-refractivity contribution is -0.137. The van der Waals surface area contributed by atoms with Gasteiger partial charge in [-0.05, 0) is 54.4 Å². The van der Waals surface area contributed by atoms with Crippen molar-refractivity contribution in [3.05, 3.63) is 94.5 Å². The number of halogens is 3. The van der Waals surface area contributed by atoms with Crippen molar-refractivity contribution in [1.29, 1.82) is 0 Å². The van der Waals surface area contributed by atoms with Gasteiger partial charge in [0, 0.05) is 23.4 Å². The molecule has 1 spiro atoms. The number of methoxy groups -OCH3 is 1. The Morgan fingerprint density at radius 2 is 1.86 bits per heavy atom. The lowest BCUT2D eigenvalue weighted by Crippen LogP contribution is -2.50.